The van der Waals surface area contributed by atoms with Crippen molar-refractivity contribution in [3.63, 3.8) is 0 Å². The third kappa shape index (κ3) is 2.46. The molecule has 7 heteroatoms. The van der Waals surface area contributed by atoms with Gasteiger partial charge in [-0.25, -0.2) is 4.98 Å². The fourth-order valence-corrected chi connectivity index (χ4v) is 1.79. The second-order valence-corrected chi connectivity index (χ2v) is 4.17. The summed E-state index contributed by atoms with van der Waals surface area (Å²) in [6, 6.07) is 5.44. The van der Waals surface area contributed by atoms with Crippen molar-refractivity contribution in [1.82, 2.24) is 15.3 Å². The Morgan fingerprint density at radius 1 is 1.35 bits per heavy atom. The van der Waals surface area contributed by atoms with Gasteiger partial charge in [-0.2, -0.15) is 0 Å². The molecular formula is C13H11N3O4. The van der Waals surface area contributed by atoms with Crippen molar-refractivity contribution in [2.45, 2.75) is 6.54 Å². The third-order valence-corrected chi connectivity index (χ3v) is 2.79. The maximum absolute atomic E-state index is 11.8. The number of amides is 1. The predicted molar refractivity (Wildman–Crippen MR) is 68.6 cm³/mol. The lowest BCUT2D eigenvalue weighted by molar-refractivity contribution is 0.0945. The van der Waals surface area contributed by atoms with E-state index in [9.17, 15) is 9.59 Å². The van der Waals surface area contributed by atoms with Gasteiger partial charge in [-0.1, -0.05) is 6.07 Å². The molecule has 0 saturated carbocycles. The van der Waals surface area contributed by atoms with Crippen LogP contribution in [0.4, 0.5) is 0 Å². The fourth-order valence-electron chi connectivity index (χ4n) is 1.79. The molecule has 0 spiro atoms. The third-order valence-electron chi connectivity index (χ3n) is 2.79. The molecule has 1 amide bonds. The van der Waals surface area contributed by atoms with E-state index in [1.165, 1.54) is 6.20 Å². The van der Waals surface area contributed by atoms with Gasteiger partial charge in [0.15, 0.2) is 11.5 Å². The van der Waals surface area contributed by atoms with E-state index in [-0.39, 0.29) is 24.0 Å². The van der Waals surface area contributed by atoms with Crippen molar-refractivity contribution < 1.29 is 14.3 Å². The number of carbonyl (C=O) groups excluding carboxylic acids is 1. The molecule has 1 aliphatic rings. The summed E-state index contributed by atoms with van der Waals surface area (Å²) in [6.07, 6.45) is 2.34. The number of nitrogens with zero attached hydrogens (tertiary/aromatic N) is 1. The van der Waals surface area contributed by atoms with Crippen molar-refractivity contribution in [3.05, 3.63) is 52.2 Å². The molecule has 7 nitrogen and oxygen atoms in total. The fraction of sp³-hybridized carbons (Fsp3) is 0.154. The zero-order chi connectivity index (χ0) is 13.9. The van der Waals surface area contributed by atoms with Crippen LogP contribution in [0.15, 0.2) is 35.4 Å². The van der Waals surface area contributed by atoms with E-state index < -0.39 is 0 Å². The Balaban J connectivity index is 1.66. The zero-order valence-corrected chi connectivity index (χ0v) is 10.4. The molecule has 0 radical (unpaired) electrons. The molecule has 1 aliphatic heterocycles. The summed E-state index contributed by atoms with van der Waals surface area (Å²) in [4.78, 5) is 28.8. The van der Waals surface area contributed by atoms with E-state index in [2.05, 4.69) is 15.3 Å². The number of aromatic amines is 1. The molecule has 1 aromatic carbocycles. The molecule has 102 valence electrons. The van der Waals surface area contributed by atoms with E-state index in [0.29, 0.717) is 18.0 Å². The molecule has 2 aromatic rings. The number of ether oxygens (including phenoxy) is 2. The van der Waals surface area contributed by atoms with Crippen LogP contribution >= 0.6 is 0 Å². The Kier molecular flexibility index (Phi) is 3.08. The summed E-state index contributed by atoms with van der Waals surface area (Å²) in [5.41, 5.74) is 0.690. The summed E-state index contributed by atoms with van der Waals surface area (Å²) < 4.78 is 10.5. The van der Waals surface area contributed by atoms with E-state index in [1.807, 2.05) is 12.1 Å². The summed E-state index contributed by atoms with van der Waals surface area (Å²) in [5.74, 6) is 1.00. The quantitative estimate of drug-likeness (QED) is 0.845. The first-order valence-electron chi connectivity index (χ1n) is 5.94. The standard InChI is InChI=1S/C13H11N3O4/c17-12-6-14-9(5-15-12)13(18)16-4-8-1-2-10-11(3-8)20-7-19-10/h1-3,5-6H,4,7H2,(H,15,17)(H,16,18). The highest BCUT2D eigenvalue weighted by Crippen LogP contribution is 2.32. The number of hydrogen-bond acceptors (Lipinski definition) is 5. The van der Waals surface area contributed by atoms with Gasteiger partial charge in [-0.05, 0) is 17.7 Å². The van der Waals surface area contributed by atoms with Gasteiger partial charge in [-0.15, -0.1) is 0 Å². The first kappa shape index (κ1) is 12.2. The van der Waals surface area contributed by atoms with Crippen molar-refractivity contribution in [2.75, 3.05) is 6.79 Å². The highest BCUT2D eigenvalue weighted by Gasteiger charge is 2.13. The normalized spacial score (nSPS) is 12.2. The van der Waals surface area contributed by atoms with E-state index in [4.69, 9.17) is 9.47 Å². The van der Waals surface area contributed by atoms with E-state index in [1.54, 1.807) is 6.07 Å². The molecule has 1 aromatic heterocycles. The minimum Gasteiger partial charge on any atom is -0.454 e. The van der Waals surface area contributed by atoms with Gasteiger partial charge in [0.05, 0.1) is 6.20 Å². The van der Waals surface area contributed by atoms with Gasteiger partial charge < -0.3 is 19.8 Å². The van der Waals surface area contributed by atoms with Gasteiger partial charge in [0.1, 0.15) is 5.69 Å². The summed E-state index contributed by atoms with van der Waals surface area (Å²) in [7, 11) is 0. The molecule has 20 heavy (non-hydrogen) atoms. The van der Waals surface area contributed by atoms with E-state index >= 15 is 0 Å². The maximum Gasteiger partial charge on any atom is 0.271 e. The van der Waals surface area contributed by atoms with Crippen molar-refractivity contribution >= 4 is 5.91 Å². The van der Waals surface area contributed by atoms with Crippen molar-refractivity contribution in [1.29, 1.82) is 0 Å². The lowest BCUT2D eigenvalue weighted by Gasteiger charge is -2.05. The monoisotopic (exact) mass is 273 g/mol. The number of benzene rings is 1. The molecule has 2 N–H and O–H groups in total. The largest absolute Gasteiger partial charge is 0.454 e. The second kappa shape index (κ2) is 5.04. The molecule has 0 atom stereocenters. The Bertz CT molecular complexity index is 691. The summed E-state index contributed by atoms with van der Waals surface area (Å²) in [6.45, 7) is 0.544. The van der Waals surface area contributed by atoms with Crippen molar-refractivity contribution in [2.24, 2.45) is 0 Å². The zero-order valence-electron chi connectivity index (χ0n) is 10.4. The van der Waals surface area contributed by atoms with Crippen LogP contribution in [0.5, 0.6) is 11.5 Å². The second-order valence-electron chi connectivity index (χ2n) is 4.17. The minimum atomic E-state index is -0.362. The van der Waals surface area contributed by atoms with Gasteiger partial charge in [0.2, 0.25) is 6.79 Å². The molecule has 0 unspecified atom stereocenters. The average molecular weight is 273 g/mol. The summed E-state index contributed by atoms with van der Waals surface area (Å²) >= 11 is 0. The molecule has 0 bridgehead atoms. The topological polar surface area (TPSA) is 93.3 Å². The number of rotatable bonds is 3. The molecule has 0 fully saturated rings. The molecule has 2 heterocycles. The van der Waals surface area contributed by atoms with E-state index in [0.717, 1.165) is 11.8 Å². The Labute approximate surface area is 113 Å². The van der Waals surface area contributed by atoms with Crippen LogP contribution in [-0.4, -0.2) is 22.7 Å². The van der Waals surface area contributed by atoms with Crippen molar-refractivity contribution in [3.8, 4) is 11.5 Å². The molecule has 0 aliphatic carbocycles. The number of nitrogens with one attached hydrogen (secondary N) is 2. The highest BCUT2D eigenvalue weighted by molar-refractivity contribution is 5.91. The Morgan fingerprint density at radius 2 is 2.20 bits per heavy atom. The van der Waals surface area contributed by atoms with Crippen LogP contribution < -0.4 is 20.3 Å². The molecule has 3 rings (SSSR count). The highest BCUT2D eigenvalue weighted by atomic mass is 16.7. The number of hydrogen-bond donors (Lipinski definition) is 2. The number of aromatic nitrogens is 2. The number of fused-ring (bicyclic) bond motifs is 1. The van der Waals surface area contributed by atoms with Gasteiger partial charge in [0, 0.05) is 12.7 Å². The number of H-pyrrole nitrogens is 1. The van der Waals surface area contributed by atoms with Crippen LogP contribution in [0.2, 0.25) is 0 Å². The van der Waals surface area contributed by atoms with Crippen LogP contribution in [0.25, 0.3) is 0 Å². The summed E-state index contributed by atoms with van der Waals surface area (Å²) in [5, 5.41) is 2.71. The van der Waals surface area contributed by atoms with Crippen LogP contribution in [0.3, 0.4) is 0 Å². The lowest BCUT2D eigenvalue weighted by Crippen LogP contribution is -2.25. The number of carbonyl (C=O) groups is 1. The van der Waals surface area contributed by atoms with Crippen LogP contribution in [0.1, 0.15) is 16.1 Å². The van der Waals surface area contributed by atoms with Gasteiger partial charge in [0.25, 0.3) is 11.5 Å². The lowest BCUT2D eigenvalue weighted by atomic mass is 10.2. The van der Waals surface area contributed by atoms with Gasteiger partial charge >= 0.3 is 0 Å². The average Bonchev–Trinajstić information content (AvgIpc) is 2.93. The minimum absolute atomic E-state index is 0.158. The predicted octanol–water partition coefficient (Wildman–Crippen LogP) is 0.429. The van der Waals surface area contributed by atoms with Crippen LogP contribution in [-0.2, 0) is 6.54 Å². The first-order chi connectivity index (χ1) is 9.72. The Morgan fingerprint density at radius 3 is 3.00 bits per heavy atom. The Hall–Kier alpha value is -2.83. The van der Waals surface area contributed by atoms with Crippen LogP contribution in [0, 0.1) is 0 Å². The first-order valence-corrected chi connectivity index (χ1v) is 5.94. The molecular weight excluding hydrogens is 262 g/mol. The smallest absolute Gasteiger partial charge is 0.271 e. The van der Waals surface area contributed by atoms with Gasteiger partial charge in [-0.3, -0.25) is 9.59 Å². The maximum atomic E-state index is 11.8. The SMILES string of the molecule is O=C(NCc1ccc2c(c1)OCO2)c1c[nH]c(=O)cn1. The molecule has 0 saturated heterocycles.